The molecule has 208 valence electrons. The van der Waals surface area contributed by atoms with Gasteiger partial charge < -0.3 is 16.9 Å². The molecular formula is C32H68ClN. The van der Waals surface area contributed by atoms with Crippen molar-refractivity contribution in [1.82, 2.24) is 0 Å². The van der Waals surface area contributed by atoms with Gasteiger partial charge in [-0.15, -0.1) is 0 Å². The fourth-order valence-corrected chi connectivity index (χ4v) is 5.91. The first-order chi connectivity index (χ1) is 15.9. The molecule has 1 nitrogen and oxygen atoms in total. The van der Waals surface area contributed by atoms with Crippen LogP contribution >= 0.6 is 0 Å². The fraction of sp³-hybridized carbons (Fsp3) is 1.00. The summed E-state index contributed by atoms with van der Waals surface area (Å²) < 4.78 is 1.22. The van der Waals surface area contributed by atoms with Crippen molar-refractivity contribution in [1.29, 1.82) is 0 Å². The maximum absolute atomic E-state index is 2.50. The summed E-state index contributed by atoms with van der Waals surface area (Å²) in [5.74, 6) is 1.75. The zero-order valence-electron chi connectivity index (χ0n) is 25.0. The third-order valence-corrected chi connectivity index (χ3v) is 7.71. The second-order valence-electron chi connectivity index (χ2n) is 12.5. The highest BCUT2D eigenvalue weighted by Gasteiger charge is 2.22. The van der Waals surface area contributed by atoms with E-state index >= 15 is 0 Å². The summed E-state index contributed by atoms with van der Waals surface area (Å²) in [6, 6.07) is 0. The standard InChI is InChI=1S/C32H68N.ClH/c1-7-9-11-13-15-17-19-21-23-25-27-31(3)29-33(5,6)30-32(4)28-26-24-22-20-18-16-14-12-10-8-2;/h31-32H,7-30H2,1-6H3;1H/q+1;/p-1. The van der Waals surface area contributed by atoms with Crippen molar-refractivity contribution < 1.29 is 16.9 Å². The van der Waals surface area contributed by atoms with Gasteiger partial charge in [-0.1, -0.05) is 156 Å². The average Bonchev–Trinajstić information content (AvgIpc) is 2.75. The number of quaternary nitrogens is 1. The Morgan fingerprint density at radius 3 is 0.912 bits per heavy atom. The molecule has 0 radical (unpaired) electrons. The first-order valence-electron chi connectivity index (χ1n) is 15.7. The number of hydrogen-bond acceptors (Lipinski definition) is 0. The van der Waals surface area contributed by atoms with Crippen LogP contribution in [0.25, 0.3) is 0 Å². The van der Waals surface area contributed by atoms with Gasteiger partial charge in [0.2, 0.25) is 0 Å². The van der Waals surface area contributed by atoms with Crippen LogP contribution in [0.1, 0.15) is 169 Å². The average molecular weight is 502 g/mol. The summed E-state index contributed by atoms with van der Waals surface area (Å²) in [6.07, 6.45) is 31.9. The van der Waals surface area contributed by atoms with Crippen molar-refractivity contribution in [2.75, 3.05) is 27.2 Å². The van der Waals surface area contributed by atoms with Gasteiger partial charge in [-0.2, -0.15) is 0 Å². The fourth-order valence-electron chi connectivity index (χ4n) is 5.91. The van der Waals surface area contributed by atoms with Gasteiger partial charge in [0.15, 0.2) is 0 Å². The second kappa shape index (κ2) is 26.3. The van der Waals surface area contributed by atoms with Crippen LogP contribution in [0.15, 0.2) is 0 Å². The zero-order valence-corrected chi connectivity index (χ0v) is 25.7. The molecule has 0 bridgehead atoms. The number of halogens is 1. The first-order valence-corrected chi connectivity index (χ1v) is 15.7. The normalized spacial score (nSPS) is 13.6. The molecule has 0 aromatic heterocycles. The predicted molar refractivity (Wildman–Crippen MR) is 153 cm³/mol. The lowest BCUT2D eigenvalue weighted by molar-refractivity contribution is -0.896. The smallest absolute Gasteiger partial charge is 0.0808 e. The van der Waals surface area contributed by atoms with Gasteiger partial charge >= 0.3 is 0 Å². The molecule has 0 rings (SSSR count). The zero-order chi connectivity index (χ0) is 24.6. The van der Waals surface area contributed by atoms with Crippen LogP contribution in [0.3, 0.4) is 0 Å². The minimum Gasteiger partial charge on any atom is -1.00 e. The lowest BCUT2D eigenvalue weighted by Crippen LogP contribution is -3.00. The van der Waals surface area contributed by atoms with Crippen molar-refractivity contribution in [3.05, 3.63) is 0 Å². The SMILES string of the molecule is CCCCCCCCCCCCC(C)C[N+](C)(C)CC(C)CCCCCCCCCCCC.[Cl-]. The largest absolute Gasteiger partial charge is 1.00 e. The van der Waals surface area contributed by atoms with E-state index in [2.05, 4.69) is 41.8 Å². The van der Waals surface area contributed by atoms with Gasteiger partial charge in [0.1, 0.15) is 0 Å². The molecule has 0 saturated carbocycles. The minimum absolute atomic E-state index is 0. The Balaban J connectivity index is 0. The first kappa shape index (κ1) is 36.4. The van der Waals surface area contributed by atoms with Crippen LogP contribution < -0.4 is 12.4 Å². The molecule has 0 aliphatic carbocycles. The second-order valence-corrected chi connectivity index (χ2v) is 12.5. The maximum Gasteiger partial charge on any atom is 0.0808 e. The molecule has 0 saturated heterocycles. The molecule has 2 unspecified atom stereocenters. The van der Waals surface area contributed by atoms with E-state index in [9.17, 15) is 0 Å². The van der Waals surface area contributed by atoms with E-state index in [4.69, 9.17) is 0 Å². The molecule has 0 aliphatic heterocycles. The van der Waals surface area contributed by atoms with Crippen LogP contribution in [0.5, 0.6) is 0 Å². The van der Waals surface area contributed by atoms with Gasteiger partial charge in [-0.25, -0.2) is 0 Å². The summed E-state index contributed by atoms with van der Waals surface area (Å²) >= 11 is 0. The van der Waals surface area contributed by atoms with E-state index in [0.29, 0.717) is 0 Å². The van der Waals surface area contributed by atoms with Gasteiger partial charge in [0, 0.05) is 11.8 Å². The number of rotatable bonds is 26. The van der Waals surface area contributed by atoms with Crippen molar-refractivity contribution in [2.24, 2.45) is 11.8 Å². The molecule has 0 heterocycles. The van der Waals surface area contributed by atoms with E-state index < -0.39 is 0 Å². The molecule has 2 atom stereocenters. The predicted octanol–water partition coefficient (Wildman–Crippen LogP) is 7.96. The number of unbranched alkanes of at least 4 members (excludes halogenated alkanes) is 18. The Bertz CT molecular complexity index is 347. The molecule has 0 fully saturated rings. The van der Waals surface area contributed by atoms with Crippen LogP contribution in [0.2, 0.25) is 0 Å². The summed E-state index contributed by atoms with van der Waals surface area (Å²) in [5.41, 5.74) is 0. The van der Waals surface area contributed by atoms with E-state index in [1.165, 1.54) is 159 Å². The maximum atomic E-state index is 2.50. The Kier molecular flexibility index (Phi) is 28.2. The number of nitrogens with zero attached hydrogens (tertiary/aromatic N) is 1. The summed E-state index contributed by atoms with van der Waals surface area (Å²) in [4.78, 5) is 0. The highest BCUT2D eigenvalue weighted by Crippen LogP contribution is 2.20. The third-order valence-electron chi connectivity index (χ3n) is 7.71. The van der Waals surface area contributed by atoms with E-state index in [0.717, 1.165) is 11.8 Å². The topological polar surface area (TPSA) is 0 Å². The lowest BCUT2D eigenvalue weighted by Gasteiger charge is -2.35. The van der Waals surface area contributed by atoms with Crippen molar-refractivity contribution in [3.63, 3.8) is 0 Å². The monoisotopic (exact) mass is 502 g/mol. The van der Waals surface area contributed by atoms with Crippen molar-refractivity contribution in [2.45, 2.75) is 169 Å². The van der Waals surface area contributed by atoms with Crippen LogP contribution in [0.4, 0.5) is 0 Å². The Morgan fingerprint density at radius 2 is 0.647 bits per heavy atom. The summed E-state index contributed by atoms with van der Waals surface area (Å²) in [7, 11) is 4.95. The molecule has 0 aromatic rings. The quantitative estimate of drug-likeness (QED) is 0.0832. The van der Waals surface area contributed by atoms with Crippen molar-refractivity contribution in [3.8, 4) is 0 Å². The Morgan fingerprint density at radius 1 is 0.412 bits per heavy atom. The van der Waals surface area contributed by atoms with Crippen LogP contribution in [0, 0.1) is 11.8 Å². The summed E-state index contributed by atoms with van der Waals surface area (Å²) in [6.45, 7) is 12.3. The van der Waals surface area contributed by atoms with Gasteiger partial charge in [0.05, 0.1) is 27.2 Å². The van der Waals surface area contributed by atoms with Gasteiger partial charge in [-0.05, 0) is 12.8 Å². The molecule has 0 N–H and O–H groups in total. The highest BCUT2D eigenvalue weighted by atomic mass is 35.5. The molecule has 0 aromatic carbocycles. The van der Waals surface area contributed by atoms with Crippen molar-refractivity contribution >= 4 is 0 Å². The third kappa shape index (κ3) is 26.8. The minimum atomic E-state index is 0. The van der Waals surface area contributed by atoms with Gasteiger partial charge in [-0.3, -0.25) is 0 Å². The number of hydrogen-bond donors (Lipinski definition) is 0. The Hall–Kier alpha value is 0.250. The van der Waals surface area contributed by atoms with E-state index in [-0.39, 0.29) is 12.4 Å². The lowest BCUT2D eigenvalue weighted by atomic mass is 9.98. The molecule has 2 heteroatoms. The van der Waals surface area contributed by atoms with Crippen LogP contribution in [-0.4, -0.2) is 31.7 Å². The molecular weight excluding hydrogens is 434 g/mol. The molecule has 0 aliphatic rings. The molecule has 0 amide bonds. The summed E-state index contributed by atoms with van der Waals surface area (Å²) in [5, 5.41) is 0. The van der Waals surface area contributed by atoms with E-state index in [1.54, 1.807) is 0 Å². The van der Waals surface area contributed by atoms with Crippen LogP contribution in [-0.2, 0) is 0 Å². The van der Waals surface area contributed by atoms with Gasteiger partial charge in [0.25, 0.3) is 0 Å². The Labute approximate surface area is 224 Å². The molecule has 34 heavy (non-hydrogen) atoms. The molecule has 0 spiro atoms. The van der Waals surface area contributed by atoms with E-state index in [1.807, 2.05) is 0 Å². The highest BCUT2D eigenvalue weighted by molar-refractivity contribution is 4.58.